The predicted molar refractivity (Wildman–Crippen MR) is 216 cm³/mol. The number of hydrogen-bond donors (Lipinski definition) is 1. The Labute approximate surface area is 294 Å². The summed E-state index contributed by atoms with van der Waals surface area (Å²) in [7, 11) is 0. The van der Waals surface area contributed by atoms with Gasteiger partial charge in [-0.2, -0.15) is 0 Å². The third-order valence-electron chi connectivity index (χ3n) is 9.50. The lowest BCUT2D eigenvalue weighted by Gasteiger charge is -2.17. The summed E-state index contributed by atoms with van der Waals surface area (Å²) < 4.78 is 2.39. The van der Waals surface area contributed by atoms with Crippen LogP contribution in [0, 0.1) is 0 Å². The van der Waals surface area contributed by atoms with Crippen molar-refractivity contribution in [3.8, 4) is 5.69 Å². The number of allylic oxidation sites excluding steroid dienone is 5. The molecule has 0 unspecified atom stereocenters. The van der Waals surface area contributed by atoms with Gasteiger partial charge < -0.3 is 9.88 Å². The lowest BCUT2D eigenvalue weighted by molar-refractivity contribution is 1.15. The van der Waals surface area contributed by atoms with Gasteiger partial charge in [0.1, 0.15) is 0 Å². The molecule has 0 aliphatic rings. The van der Waals surface area contributed by atoms with Crippen LogP contribution in [0.5, 0.6) is 0 Å². The molecule has 8 aromatic rings. The molecule has 0 aliphatic heterocycles. The van der Waals surface area contributed by atoms with Crippen LogP contribution in [0.2, 0.25) is 0 Å². The van der Waals surface area contributed by atoms with Crippen LogP contribution in [0.3, 0.4) is 0 Å². The fraction of sp³-hybridized carbons (Fsp3) is 0.0417. The second-order valence-electron chi connectivity index (χ2n) is 12.8. The van der Waals surface area contributed by atoms with Crippen molar-refractivity contribution in [3.05, 3.63) is 211 Å². The molecule has 2 heteroatoms. The minimum absolute atomic E-state index is 0.922. The van der Waals surface area contributed by atoms with E-state index < -0.39 is 0 Å². The molecule has 0 aliphatic carbocycles. The van der Waals surface area contributed by atoms with E-state index in [1.165, 1.54) is 54.8 Å². The van der Waals surface area contributed by atoms with Gasteiger partial charge in [0.2, 0.25) is 0 Å². The Morgan fingerprint density at radius 3 is 2.06 bits per heavy atom. The quantitative estimate of drug-likeness (QED) is 0.155. The zero-order valence-electron chi connectivity index (χ0n) is 28.2. The third-order valence-corrected chi connectivity index (χ3v) is 9.50. The van der Waals surface area contributed by atoms with Crippen LogP contribution in [0.1, 0.15) is 29.2 Å². The van der Waals surface area contributed by atoms with Crippen LogP contribution in [0.4, 0.5) is 11.4 Å². The molecule has 2 nitrogen and oxygen atoms in total. The fourth-order valence-electron chi connectivity index (χ4n) is 7.16. The molecule has 240 valence electrons. The van der Waals surface area contributed by atoms with E-state index >= 15 is 0 Å². The molecule has 8 rings (SSSR count). The summed E-state index contributed by atoms with van der Waals surface area (Å²) in [6.07, 6.45) is 7.22. The van der Waals surface area contributed by atoms with Crippen molar-refractivity contribution >= 4 is 55.1 Å². The highest BCUT2D eigenvalue weighted by molar-refractivity contribution is 6.10. The van der Waals surface area contributed by atoms with E-state index in [1.54, 1.807) is 0 Å². The van der Waals surface area contributed by atoms with E-state index in [4.69, 9.17) is 0 Å². The summed E-state index contributed by atoms with van der Waals surface area (Å²) in [5.74, 6) is 0. The molecule has 0 radical (unpaired) electrons. The first-order chi connectivity index (χ1) is 24.7. The van der Waals surface area contributed by atoms with Crippen molar-refractivity contribution in [1.82, 2.24) is 4.57 Å². The number of nitrogens with zero attached hydrogens (tertiary/aromatic N) is 1. The van der Waals surface area contributed by atoms with Gasteiger partial charge in [0.15, 0.2) is 0 Å². The van der Waals surface area contributed by atoms with E-state index in [1.807, 2.05) is 12.1 Å². The molecular formula is C48H38N2. The van der Waals surface area contributed by atoms with E-state index in [9.17, 15) is 0 Å². The first-order valence-corrected chi connectivity index (χ1v) is 17.2. The molecule has 0 saturated carbocycles. The standard InChI is InChI=1S/C48H38N2/c1-3-14-38(31-34(2)48-42-20-11-10-17-37(42)25-29-45(48)49-40-18-8-5-9-19-40)39-26-30-47-44(33-39)43-21-12-13-22-46(43)50(47)41-27-23-36(24-28-41)32-35-15-6-4-7-16-35/h3-31,33,49H,1,32H2,2H3/b34-31+,38-14+. The number of benzene rings is 7. The highest BCUT2D eigenvalue weighted by Crippen LogP contribution is 2.38. The Morgan fingerprint density at radius 1 is 0.620 bits per heavy atom. The first-order valence-electron chi connectivity index (χ1n) is 17.2. The van der Waals surface area contributed by atoms with Gasteiger partial charge in [0.05, 0.1) is 11.0 Å². The Kier molecular flexibility index (Phi) is 8.42. The first kappa shape index (κ1) is 30.9. The van der Waals surface area contributed by atoms with Crippen LogP contribution in [0.25, 0.3) is 49.4 Å². The summed E-state index contributed by atoms with van der Waals surface area (Å²) in [4.78, 5) is 0. The summed E-state index contributed by atoms with van der Waals surface area (Å²) in [5, 5.41) is 8.58. The molecule has 50 heavy (non-hydrogen) atoms. The van der Waals surface area contributed by atoms with Gasteiger partial charge >= 0.3 is 0 Å². The predicted octanol–water partition coefficient (Wildman–Crippen LogP) is 12.9. The lowest BCUT2D eigenvalue weighted by atomic mass is 9.93. The van der Waals surface area contributed by atoms with Crippen LogP contribution >= 0.6 is 0 Å². The van der Waals surface area contributed by atoms with Crippen molar-refractivity contribution < 1.29 is 0 Å². The van der Waals surface area contributed by atoms with Gasteiger partial charge in [0.25, 0.3) is 0 Å². The number of anilines is 2. The van der Waals surface area contributed by atoms with Crippen LogP contribution in [-0.2, 0) is 6.42 Å². The smallest absolute Gasteiger partial charge is 0.0541 e. The molecule has 0 bridgehead atoms. The highest BCUT2D eigenvalue weighted by atomic mass is 15.0. The third kappa shape index (κ3) is 6.04. The summed E-state index contributed by atoms with van der Waals surface area (Å²) in [6.45, 7) is 6.31. The summed E-state index contributed by atoms with van der Waals surface area (Å²) >= 11 is 0. The average molecular weight is 643 g/mol. The van der Waals surface area contributed by atoms with Crippen LogP contribution in [0.15, 0.2) is 189 Å². The van der Waals surface area contributed by atoms with E-state index in [0.29, 0.717) is 0 Å². The van der Waals surface area contributed by atoms with E-state index in [0.717, 1.165) is 34.6 Å². The van der Waals surface area contributed by atoms with Crippen molar-refractivity contribution in [1.29, 1.82) is 0 Å². The lowest BCUT2D eigenvalue weighted by Crippen LogP contribution is -1.97. The Hall–Kier alpha value is -6.38. The Bertz CT molecular complexity index is 2530. The highest BCUT2D eigenvalue weighted by Gasteiger charge is 2.15. The molecular weight excluding hydrogens is 605 g/mol. The molecule has 0 fully saturated rings. The number of fused-ring (bicyclic) bond motifs is 4. The topological polar surface area (TPSA) is 17.0 Å². The molecule has 0 saturated heterocycles. The van der Waals surface area contributed by atoms with Gasteiger partial charge in [0, 0.05) is 33.4 Å². The van der Waals surface area contributed by atoms with Gasteiger partial charge in [-0.15, -0.1) is 0 Å². The maximum absolute atomic E-state index is 4.10. The maximum atomic E-state index is 4.10. The molecule has 1 aromatic heterocycles. The van der Waals surface area contributed by atoms with Crippen molar-refractivity contribution in [2.24, 2.45) is 0 Å². The largest absolute Gasteiger partial charge is 0.355 e. The SMILES string of the molecule is C=C/C=C(\C=C(/C)c1c(Nc2ccccc2)ccc2ccccc12)c1ccc2c(c1)c1ccccc1n2-c1ccc(Cc2ccccc2)cc1. The molecule has 0 spiro atoms. The molecule has 7 aromatic carbocycles. The van der Waals surface area contributed by atoms with Crippen molar-refractivity contribution in [3.63, 3.8) is 0 Å². The molecule has 0 amide bonds. The van der Waals surface area contributed by atoms with Crippen LogP contribution < -0.4 is 5.32 Å². The summed E-state index contributed by atoms with van der Waals surface area (Å²) in [5.41, 5.74) is 12.9. The maximum Gasteiger partial charge on any atom is 0.0541 e. The number of rotatable bonds is 9. The summed E-state index contributed by atoms with van der Waals surface area (Å²) in [6, 6.07) is 58.6. The number of aromatic nitrogens is 1. The van der Waals surface area contributed by atoms with E-state index in [-0.39, 0.29) is 0 Å². The second-order valence-corrected chi connectivity index (χ2v) is 12.8. The minimum atomic E-state index is 0.922. The molecule has 0 atom stereocenters. The fourth-order valence-corrected chi connectivity index (χ4v) is 7.16. The molecule has 1 heterocycles. The van der Waals surface area contributed by atoms with Crippen LogP contribution in [-0.4, -0.2) is 4.57 Å². The average Bonchev–Trinajstić information content (AvgIpc) is 3.49. The number of hydrogen-bond acceptors (Lipinski definition) is 1. The number of nitrogens with one attached hydrogen (secondary N) is 1. The monoisotopic (exact) mass is 642 g/mol. The second kappa shape index (κ2) is 13.6. The Balaban J connectivity index is 1.21. The van der Waals surface area contributed by atoms with Gasteiger partial charge in [-0.05, 0) is 100 Å². The molecule has 1 N–H and O–H groups in total. The van der Waals surface area contributed by atoms with Gasteiger partial charge in [-0.3, -0.25) is 0 Å². The zero-order valence-corrected chi connectivity index (χ0v) is 28.2. The van der Waals surface area contributed by atoms with E-state index in [2.05, 4.69) is 193 Å². The minimum Gasteiger partial charge on any atom is -0.355 e. The normalized spacial score (nSPS) is 12.1. The Morgan fingerprint density at radius 2 is 1.28 bits per heavy atom. The zero-order chi connectivity index (χ0) is 33.9. The number of para-hydroxylation sites is 2. The van der Waals surface area contributed by atoms with Crippen molar-refractivity contribution in [2.45, 2.75) is 13.3 Å². The van der Waals surface area contributed by atoms with Gasteiger partial charge in [-0.25, -0.2) is 0 Å². The van der Waals surface area contributed by atoms with Gasteiger partial charge in [-0.1, -0.05) is 140 Å². The van der Waals surface area contributed by atoms with Crippen molar-refractivity contribution in [2.75, 3.05) is 5.32 Å².